The SMILES string of the molecule is CN(Cc1cccc(C(N)=O)c1)C(=O)C1CCN(S(=O)(=O)Cc2ccccc2)CC1. The van der Waals surface area contributed by atoms with Crippen LogP contribution in [-0.4, -0.2) is 49.6 Å². The summed E-state index contributed by atoms with van der Waals surface area (Å²) in [4.78, 5) is 25.8. The van der Waals surface area contributed by atoms with Crippen LogP contribution in [0.15, 0.2) is 54.6 Å². The maximum Gasteiger partial charge on any atom is 0.248 e. The summed E-state index contributed by atoms with van der Waals surface area (Å²) in [5.41, 5.74) is 7.30. The number of nitrogens with two attached hydrogens (primary N) is 1. The molecule has 3 rings (SSSR count). The molecule has 1 saturated heterocycles. The highest BCUT2D eigenvalue weighted by molar-refractivity contribution is 7.88. The minimum absolute atomic E-state index is 0.0143. The van der Waals surface area contributed by atoms with Crippen molar-refractivity contribution >= 4 is 21.8 Å². The quantitative estimate of drug-likeness (QED) is 0.727. The molecule has 0 radical (unpaired) electrons. The van der Waals surface area contributed by atoms with Crippen LogP contribution in [0.5, 0.6) is 0 Å². The number of hydrogen-bond acceptors (Lipinski definition) is 4. The zero-order valence-corrected chi connectivity index (χ0v) is 17.8. The smallest absolute Gasteiger partial charge is 0.248 e. The summed E-state index contributed by atoms with van der Waals surface area (Å²) in [5, 5.41) is 0. The van der Waals surface area contributed by atoms with Crippen molar-refractivity contribution in [3.63, 3.8) is 0 Å². The maximum atomic E-state index is 12.8. The van der Waals surface area contributed by atoms with Gasteiger partial charge in [0.25, 0.3) is 0 Å². The van der Waals surface area contributed by atoms with Crippen molar-refractivity contribution in [1.82, 2.24) is 9.21 Å². The second kappa shape index (κ2) is 9.40. The molecule has 0 unspecified atom stereocenters. The molecular weight excluding hydrogens is 402 g/mol. The van der Waals surface area contributed by atoms with E-state index in [0.717, 1.165) is 11.1 Å². The van der Waals surface area contributed by atoms with Gasteiger partial charge >= 0.3 is 0 Å². The summed E-state index contributed by atoms with van der Waals surface area (Å²) in [7, 11) is -1.68. The standard InChI is InChI=1S/C22H27N3O4S/c1-24(15-18-8-5-9-20(14-18)21(23)26)22(27)19-10-12-25(13-11-19)30(28,29)16-17-6-3-2-4-7-17/h2-9,14,19H,10-13,15-16H2,1H3,(H2,23,26). The van der Waals surface area contributed by atoms with Gasteiger partial charge in [-0.25, -0.2) is 12.7 Å². The fraction of sp³-hybridized carbons (Fsp3) is 0.364. The molecule has 1 fully saturated rings. The predicted octanol–water partition coefficient (Wildman–Crippen LogP) is 1.99. The van der Waals surface area contributed by atoms with Crippen molar-refractivity contribution in [3.8, 4) is 0 Å². The first-order valence-corrected chi connectivity index (χ1v) is 11.5. The minimum Gasteiger partial charge on any atom is -0.366 e. The molecule has 1 heterocycles. The molecular formula is C22H27N3O4S. The van der Waals surface area contributed by atoms with Gasteiger partial charge in [-0.3, -0.25) is 9.59 Å². The number of rotatable bonds is 7. The van der Waals surface area contributed by atoms with Crippen molar-refractivity contribution in [2.75, 3.05) is 20.1 Å². The van der Waals surface area contributed by atoms with Gasteiger partial charge in [0.2, 0.25) is 21.8 Å². The van der Waals surface area contributed by atoms with E-state index >= 15 is 0 Å². The summed E-state index contributed by atoms with van der Waals surface area (Å²) in [5.74, 6) is -0.755. The van der Waals surface area contributed by atoms with Gasteiger partial charge in [-0.15, -0.1) is 0 Å². The molecule has 8 heteroatoms. The van der Waals surface area contributed by atoms with E-state index in [9.17, 15) is 18.0 Å². The number of benzene rings is 2. The molecule has 7 nitrogen and oxygen atoms in total. The van der Waals surface area contributed by atoms with E-state index in [1.807, 2.05) is 24.3 Å². The third-order valence-corrected chi connectivity index (χ3v) is 7.25. The number of piperidine rings is 1. The molecule has 2 aromatic carbocycles. The van der Waals surface area contributed by atoms with Crippen LogP contribution in [0.1, 0.15) is 34.3 Å². The second-order valence-electron chi connectivity index (χ2n) is 7.67. The first-order chi connectivity index (χ1) is 14.3. The molecule has 2 N–H and O–H groups in total. The topological polar surface area (TPSA) is 101 Å². The summed E-state index contributed by atoms with van der Waals surface area (Å²) < 4.78 is 26.9. The van der Waals surface area contributed by atoms with E-state index in [-0.39, 0.29) is 17.6 Å². The number of sulfonamides is 1. The van der Waals surface area contributed by atoms with Crippen LogP contribution in [-0.2, 0) is 27.1 Å². The van der Waals surface area contributed by atoms with Gasteiger partial charge in [0.15, 0.2) is 0 Å². The monoisotopic (exact) mass is 429 g/mol. The average Bonchev–Trinajstić information content (AvgIpc) is 2.74. The number of primary amides is 1. The highest BCUT2D eigenvalue weighted by Gasteiger charge is 2.32. The summed E-state index contributed by atoms with van der Waals surface area (Å²) in [6, 6.07) is 16.0. The van der Waals surface area contributed by atoms with Gasteiger partial charge in [0.05, 0.1) is 5.75 Å². The Morgan fingerprint density at radius 1 is 1.03 bits per heavy atom. The van der Waals surface area contributed by atoms with Gasteiger partial charge in [0, 0.05) is 38.2 Å². The van der Waals surface area contributed by atoms with E-state index in [2.05, 4.69) is 0 Å². The Morgan fingerprint density at radius 2 is 1.67 bits per heavy atom. The number of nitrogens with zero attached hydrogens (tertiary/aromatic N) is 2. The lowest BCUT2D eigenvalue weighted by Gasteiger charge is -2.32. The molecule has 30 heavy (non-hydrogen) atoms. The first-order valence-electron chi connectivity index (χ1n) is 9.92. The zero-order chi connectivity index (χ0) is 21.7. The predicted molar refractivity (Wildman–Crippen MR) is 115 cm³/mol. The van der Waals surface area contributed by atoms with Gasteiger partial charge in [-0.1, -0.05) is 42.5 Å². The first kappa shape index (κ1) is 22.0. The van der Waals surface area contributed by atoms with E-state index in [4.69, 9.17) is 5.73 Å². The average molecular weight is 430 g/mol. The molecule has 0 spiro atoms. The highest BCUT2D eigenvalue weighted by atomic mass is 32.2. The zero-order valence-electron chi connectivity index (χ0n) is 17.0. The normalized spacial score (nSPS) is 15.6. The van der Waals surface area contributed by atoms with Gasteiger partial charge < -0.3 is 10.6 Å². The fourth-order valence-electron chi connectivity index (χ4n) is 3.74. The lowest BCUT2D eigenvalue weighted by Crippen LogP contribution is -2.43. The molecule has 160 valence electrons. The van der Waals surface area contributed by atoms with Gasteiger partial charge in [0.1, 0.15) is 0 Å². The Hall–Kier alpha value is -2.71. The summed E-state index contributed by atoms with van der Waals surface area (Å²) in [6.45, 7) is 1.06. The molecule has 2 aromatic rings. The largest absolute Gasteiger partial charge is 0.366 e. The second-order valence-corrected chi connectivity index (χ2v) is 9.64. The number of hydrogen-bond donors (Lipinski definition) is 1. The fourth-order valence-corrected chi connectivity index (χ4v) is 5.31. The third-order valence-electron chi connectivity index (χ3n) is 5.40. The van der Waals surface area contributed by atoms with E-state index in [1.54, 1.807) is 42.3 Å². The van der Waals surface area contributed by atoms with Crippen LogP contribution in [0.3, 0.4) is 0 Å². The lowest BCUT2D eigenvalue weighted by molar-refractivity contribution is -0.135. The Labute approximate surface area is 177 Å². The van der Waals surface area contributed by atoms with Gasteiger partial charge in [-0.05, 0) is 36.1 Å². The molecule has 1 aliphatic heterocycles. The van der Waals surface area contributed by atoms with Crippen LogP contribution < -0.4 is 5.73 Å². The van der Waals surface area contributed by atoms with Crippen molar-refractivity contribution in [3.05, 3.63) is 71.3 Å². The highest BCUT2D eigenvalue weighted by Crippen LogP contribution is 2.23. The molecule has 2 amide bonds. The van der Waals surface area contributed by atoms with Crippen molar-refractivity contribution in [2.24, 2.45) is 11.7 Å². The maximum absolute atomic E-state index is 12.8. The van der Waals surface area contributed by atoms with E-state index < -0.39 is 15.9 Å². The van der Waals surface area contributed by atoms with Crippen LogP contribution in [0.2, 0.25) is 0 Å². The molecule has 0 aliphatic carbocycles. The Kier molecular flexibility index (Phi) is 6.89. The van der Waals surface area contributed by atoms with Crippen molar-refractivity contribution in [2.45, 2.75) is 25.1 Å². The Balaban J connectivity index is 1.55. The van der Waals surface area contributed by atoms with Crippen LogP contribution in [0, 0.1) is 5.92 Å². The number of carbonyl (C=O) groups is 2. The Bertz CT molecular complexity index is 1000. The van der Waals surface area contributed by atoms with Crippen molar-refractivity contribution in [1.29, 1.82) is 0 Å². The summed E-state index contributed by atoms with van der Waals surface area (Å²) >= 11 is 0. The number of carbonyl (C=O) groups excluding carboxylic acids is 2. The van der Waals surface area contributed by atoms with E-state index in [0.29, 0.717) is 38.0 Å². The minimum atomic E-state index is -3.40. The van der Waals surface area contributed by atoms with E-state index in [1.165, 1.54) is 4.31 Å². The lowest BCUT2D eigenvalue weighted by atomic mass is 9.96. The van der Waals surface area contributed by atoms with Crippen LogP contribution in [0.4, 0.5) is 0 Å². The van der Waals surface area contributed by atoms with Crippen LogP contribution in [0.25, 0.3) is 0 Å². The molecule has 0 saturated carbocycles. The third kappa shape index (κ3) is 5.46. The molecule has 0 aromatic heterocycles. The molecule has 1 aliphatic rings. The van der Waals surface area contributed by atoms with Crippen LogP contribution >= 0.6 is 0 Å². The van der Waals surface area contributed by atoms with Gasteiger partial charge in [-0.2, -0.15) is 0 Å². The Morgan fingerprint density at radius 3 is 2.30 bits per heavy atom. The summed E-state index contributed by atoms with van der Waals surface area (Å²) in [6.07, 6.45) is 0.997. The molecule has 0 atom stereocenters. The van der Waals surface area contributed by atoms with Crippen molar-refractivity contribution < 1.29 is 18.0 Å². The molecule has 0 bridgehead atoms. The number of amides is 2.